The van der Waals surface area contributed by atoms with Crippen LogP contribution in [0.3, 0.4) is 0 Å². The number of unbranched alkanes of at least 4 members (excludes halogenated alkanes) is 2. The van der Waals surface area contributed by atoms with Crippen LogP contribution < -0.4 is 29.6 Å². The van der Waals surface area contributed by atoms with Gasteiger partial charge in [-0.05, 0) is 49.4 Å². The number of hydrogen-bond acceptors (Lipinski definition) is 2. The second kappa shape index (κ2) is 8.73. The van der Waals surface area contributed by atoms with Crippen LogP contribution in [0.15, 0.2) is 12.1 Å². The van der Waals surface area contributed by atoms with Crippen molar-refractivity contribution in [3.8, 4) is 0 Å². The molecule has 3 N–H and O–H groups in total. The van der Waals surface area contributed by atoms with Gasteiger partial charge >= 0.3 is 35.5 Å². The Morgan fingerprint density at radius 2 is 2.00 bits per heavy atom. The fraction of sp³-hybridized carbons (Fsp3) is 0.471. The number of aliphatic hydroxyl groups excluding tert-OH is 1. The van der Waals surface area contributed by atoms with E-state index in [0.29, 0.717) is 12.0 Å². The normalized spacial score (nSPS) is 10.7. The molecule has 0 radical (unpaired) electrons. The molecule has 0 fully saturated rings. The molecule has 1 aromatic heterocycles. The molecule has 0 spiro atoms. The number of aromatic amines is 1. The molecule has 5 heteroatoms. The molecule has 0 aliphatic rings. The minimum Gasteiger partial charge on any atom is -1.00 e. The largest absolute Gasteiger partial charge is 1.00 e. The number of fused-ring (bicyclic) bond motifs is 1. The quantitative estimate of drug-likeness (QED) is 0.516. The van der Waals surface area contributed by atoms with Crippen molar-refractivity contribution in [3.63, 3.8) is 0 Å². The van der Waals surface area contributed by atoms with E-state index in [0.717, 1.165) is 47.0 Å². The van der Waals surface area contributed by atoms with Crippen molar-refractivity contribution in [1.29, 1.82) is 0 Å². The van der Waals surface area contributed by atoms with E-state index < -0.39 is 5.97 Å². The molecule has 1 heterocycles. The summed E-state index contributed by atoms with van der Waals surface area (Å²) >= 11 is 0. The van der Waals surface area contributed by atoms with E-state index in [4.69, 9.17) is 0 Å². The molecule has 0 amide bonds. The second-order valence-corrected chi connectivity index (χ2v) is 5.53. The Balaban J connectivity index is 0.00000242. The third-order valence-electron chi connectivity index (χ3n) is 3.96. The van der Waals surface area contributed by atoms with E-state index in [-0.39, 0.29) is 37.6 Å². The van der Waals surface area contributed by atoms with Gasteiger partial charge in [-0.25, -0.2) is 4.79 Å². The molecule has 0 aliphatic carbocycles. The SMILES string of the molecule is CCCCCc1[nH]c2cc(C(=O)O)c(C)cc2c1CCO.[H-].[Na+]. The number of rotatable bonds is 7. The summed E-state index contributed by atoms with van der Waals surface area (Å²) in [6, 6.07) is 3.63. The van der Waals surface area contributed by atoms with Crippen molar-refractivity contribution >= 4 is 16.9 Å². The third-order valence-corrected chi connectivity index (χ3v) is 3.96. The molecule has 4 nitrogen and oxygen atoms in total. The number of aryl methyl sites for hydroxylation is 2. The Morgan fingerprint density at radius 1 is 1.27 bits per heavy atom. The van der Waals surface area contributed by atoms with E-state index in [1.807, 2.05) is 13.0 Å². The maximum atomic E-state index is 11.2. The number of aromatic carboxylic acids is 1. The van der Waals surface area contributed by atoms with Crippen LogP contribution in [0.2, 0.25) is 0 Å². The van der Waals surface area contributed by atoms with E-state index in [2.05, 4.69) is 11.9 Å². The summed E-state index contributed by atoms with van der Waals surface area (Å²) in [5, 5.41) is 19.6. The number of aromatic nitrogens is 1. The molecule has 22 heavy (non-hydrogen) atoms. The monoisotopic (exact) mass is 313 g/mol. The van der Waals surface area contributed by atoms with Crippen molar-refractivity contribution in [2.75, 3.05) is 6.61 Å². The van der Waals surface area contributed by atoms with Crippen molar-refractivity contribution in [2.24, 2.45) is 0 Å². The predicted molar refractivity (Wildman–Crippen MR) is 85.1 cm³/mol. The maximum Gasteiger partial charge on any atom is 1.00 e. The average molecular weight is 313 g/mol. The van der Waals surface area contributed by atoms with E-state index in [9.17, 15) is 15.0 Å². The second-order valence-electron chi connectivity index (χ2n) is 5.53. The van der Waals surface area contributed by atoms with E-state index >= 15 is 0 Å². The Kier molecular flexibility index (Phi) is 7.63. The Morgan fingerprint density at radius 3 is 2.59 bits per heavy atom. The van der Waals surface area contributed by atoms with Gasteiger partial charge in [0.2, 0.25) is 0 Å². The van der Waals surface area contributed by atoms with Crippen molar-refractivity contribution < 1.29 is 46.0 Å². The Bertz CT molecular complexity index is 655. The molecule has 0 bridgehead atoms. The zero-order valence-electron chi connectivity index (χ0n) is 14.7. The number of hydrogen-bond donors (Lipinski definition) is 3. The first-order valence-electron chi connectivity index (χ1n) is 7.56. The van der Waals surface area contributed by atoms with Gasteiger partial charge in [0.05, 0.1) is 5.56 Å². The number of carboxylic acid groups (broad SMARTS) is 1. The number of nitrogens with one attached hydrogen (secondary N) is 1. The van der Waals surface area contributed by atoms with Crippen LogP contribution in [0.5, 0.6) is 0 Å². The first-order valence-corrected chi connectivity index (χ1v) is 7.56. The van der Waals surface area contributed by atoms with Crippen molar-refractivity contribution in [3.05, 3.63) is 34.5 Å². The van der Waals surface area contributed by atoms with Gasteiger partial charge in [0.25, 0.3) is 0 Å². The van der Waals surface area contributed by atoms with Gasteiger partial charge in [-0.1, -0.05) is 19.8 Å². The molecule has 0 unspecified atom stereocenters. The van der Waals surface area contributed by atoms with Crippen LogP contribution >= 0.6 is 0 Å². The molecular formula is C17H24NNaO3. The van der Waals surface area contributed by atoms with Crippen molar-refractivity contribution in [1.82, 2.24) is 4.98 Å². The number of carboxylic acids is 1. The molecule has 1 aromatic carbocycles. The van der Waals surface area contributed by atoms with Crippen LogP contribution in [0.25, 0.3) is 10.9 Å². The first-order chi connectivity index (χ1) is 10.1. The molecule has 2 rings (SSSR count). The molecule has 0 saturated carbocycles. The molecular weight excluding hydrogens is 289 g/mol. The topological polar surface area (TPSA) is 73.3 Å². The van der Waals surface area contributed by atoms with Crippen LogP contribution in [0, 0.1) is 6.92 Å². The van der Waals surface area contributed by atoms with Crippen molar-refractivity contribution in [2.45, 2.75) is 46.0 Å². The van der Waals surface area contributed by atoms with E-state index in [1.54, 1.807) is 6.07 Å². The number of H-pyrrole nitrogens is 1. The Hall–Kier alpha value is -0.810. The number of carbonyl (C=O) groups is 1. The summed E-state index contributed by atoms with van der Waals surface area (Å²) in [7, 11) is 0. The van der Waals surface area contributed by atoms with Gasteiger partial charge < -0.3 is 16.6 Å². The fourth-order valence-electron chi connectivity index (χ4n) is 2.85. The standard InChI is InChI=1S/C17H23NO3.Na.H/c1-3-4-5-6-15-12(7-8-19)14-9-11(2)13(17(20)21)10-16(14)18-15;;/h9-10,18-19H,3-8H2,1-2H3,(H,20,21);;/q;+1;-1. The predicted octanol–water partition coefficient (Wildman–Crippen LogP) is 0.559. The van der Waals surface area contributed by atoms with Gasteiger partial charge in [0.1, 0.15) is 0 Å². The molecule has 2 aromatic rings. The maximum absolute atomic E-state index is 11.2. The molecule has 0 saturated heterocycles. The van der Waals surface area contributed by atoms with Gasteiger partial charge in [0, 0.05) is 23.2 Å². The molecule has 0 aliphatic heterocycles. The third kappa shape index (κ3) is 4.13. The number of aliphatic hydroxyl groups is 1. The summed E-state index contributed by atoms with van der Waals surface area (Å²) in [5.74, 6) is -0.903. The molecule has 116 valence electrons. The minimum atomic E-state index is -0.903. The van der Waals surface area contributed by atoms with Crippen LogP contribution in [0.4, 0.5) is 0 Å². The van der Waals surface area contributed by atoms with Gasteiger partial charge in [0.15, 0.2) is 0 Å². The van der Waals surface area contributed by atoms with Gasteiger partial charge in [-0.3, -0.25) is 0 Å². The van der Waals surface area contributed by atoms with E-state index in [1.165, 1.54) is 6.42 Å². The zero-order chi connectivity index (χ0) is 15.4. The number of benzene rings is 1. The summed E-state index contributed by atoms with van der Waals surface area (Å²) in [6.07, 6.45) is 4.99. The van der Waals surface area contributed by atoms with Crippen LogP contribution in [0.1, 0.15) is 54.8 Å². The molecule has 0 atom stereocenters. The summed E-state index contributed by atoms with van der Waals surface area (Å²) in [4.78, 5) is 14.6. The minimum absolute atomic E-state index is 0. The average Bonchev–Trinajstić information content (AvgIpc) is 2.76. The Labute approximate surface area is 154 Å². The van der Waals surface area contributed by atoms with Gasteiger partial charge in [-0.2, -0.15) is 0 Å². The summed E-state index contributed by atoms with van der Waals surface area (Å²) in [5.41, 5.74) is 4.21. The summed E-state index contributed by atoms with van der Waals surface area (Å²) < 4.78 is 0. The van der Waals surface area contributed by atoms with Gasteiger partial charge in [-0.15, -0.1) is 0 Å². The first kappa shape index (κ1) is 19.2. The smallest absolute Gasteiger partial charge is 1.00 e. The summed E-state index contributed by atoms with van der Waals surface area (Å²) in [6.45, 7) is 4.09. The van der Waals surface area contributed by atoms with Crippen LogP contribution in [-0.4, -0.2) is 27.8 Å². The van der Waals surface area contributed by atoms with Crippen LogP contribution in [-0.2, 0) is 12.8 Å². The zero-order valence-corrected chi connectivity index (χ0v) is 15.7. The fourth-order valence-corrected chi connectivity index (χ4v) is 2.85.